The van der Waals surface area contributed by atoms with E-state index in [2.05, 4.69) is 25.7 Å². The number of carbonyl (C=O) groups excluding carboxylic acids is 2. The highest BCUT2D eigenvalue weighted by atomic mass is 16.6. The average Bonchev–Trinajstić information content (AvgIpc) is 3.05. The van der Waals surface area contributed by atoms with E-state index in [1.807, 2.05) is 32.8 Å². The van der Waals surface area contributed by atoms with Gasteiger partial charge in [0.25, 0.3) is 0 Å². The number of hydrogen-bond acceptors (Lipinski definition) is 9. The lowest BCUT2D eigenvalue weighted by molar-refractivity contribution is -0.385. The summed E-state index contributed by atoms with van der Waals surface area (Å²) in [5.41, 5.74) is 0.993. The van der Waals surface area contributed by atoms with Crippen molar-refractivity contribution in [3.8, 4) is 34.8 Å². The Morgan fingerprint density at radius 1 is 0.680 bits per heavy atom. The van der Waals surface area contributed by atoms with Gasteiger partial charge in [0.2, 0.25) is 5.75 Å². The normalized spacial score (nSPS) is 12.2. The van der Waals surface area contributed by atoms with Crippen LogP contribution in [0.3, 0.4) is 0 Å². The zero-order valence-corrected chi connectivity index (χ0v) is 31.9. The molecule has 0 aliphatic carbocycles. The fourth-order valence-electron chi connectivity index (χ4n) is 5.00. The van der Waals surface area contributed by atoms with Crippen molar-refractivity contribution in [3.63, 3.8) is 0 Å². The van der Waals surface area contributed by atoms with Crippen LogP contribution in [0.15, 0.2) is 24.3 Å². The summed E-state index contributed by atoms with van der Waals surface area (Å²) in [6, 6.07) is 6.13. The number of nitro benzene ring substituents is 1. The molecular formula is C40H58N2O8. The smallest absolute Gasteiger partial charge is 0.315 e. The molecule has 0 unspecified atom stereocenters. The van der Waals surface area contributed by atoms with Crippen LogP contribution in [0.5, 0.6) is 23.0 Å². The lowest BCUT2D eigenvalue weighted by Gasteiger charge is -2.23. The average molecular weight is 695 g/mol. The summed E-state index contributed by atoms with van der Waals surface area (Å²) in [6.45, 7) is 15.1. The highest BCUT2D eigenvalue weighted by Gasteiger charge is 2.25. The molecule has 0 spiro atoms. The maximum atomic E-state index is 12.8. The summed E-state index contributed by atoms with van der Waals surface area (Å²) < 4.78 is 24.0. The van der Waals surface area contributed by atoms with Gasteiger partial charge in [0, 0.05) is 32.3 Å². The third kappa shape index (κ3) is 13.6. The Bertz CT molecular complexity index is 1490. The molecule has 2 aromatic rings. The van der Waals surface area contributed by atoms with Crippen LogP contribution in [0, 0.1) is 33.8 Å². The molecule has 0 saturated carbocycles. The molecule has 0 aromatic heterocycles. The van der Waals surface area contributed by atoms with Crippen molar-refractivity contribution >= 4 is 23.3 Å². The molecule has 50 heavy (non-hydrogen) atoms. The quantitative estimate of drug-likeness (QED) is 0.0333. The van der Waals surface area contributed by atoms with Gasteiger partial charge in [-0.25, -0.2) is 0 Å². The van der Waals surface area contributed by atoms with Gasteiger partial charge in [-0.15, -0.1) is 0 Å². The highest BCUT2D eigenvalue weighted by molar-refractivity contribution is 5.78. The zero-order chi connectivity index (χ0) is 37.4. The second kappa shape index (κ2) is 21.1. The number of nitrogens with zero attached hydrogens (tertiary/aromatic N) is 2. The van der Waals surface area contributed by atoms with Crippen molar-refractivity contribution in [1.82, 2.24) is 0 Å². The maximum absolute atomic E-state index is 12.8. The van der Waals surface area contributed by atoms with E-state index in [1.165, 1.54) is 18.6 Å². The molecule has 2 rings (SSSR count). The van der Waals surface area contributed by atoms with Gasteiger partial charge >= 0.3 is 17.6 Å². The van der Waals surface area contributed by atoms with E-state index in [1.54, 1.807) is 39.8 Å². The monoisotopic (exact) mass is 694 g/mol. The van der Waals surface area contributed by atoms with E-state index in [0.717, 1.165) is 63.5 Å². The number of anilines is 1. The van der Waals surface area contributed by atoms with E-state index in [9.17, 15) is 19.7 Å². The lowest BCUT2D eigenvalue weighted by atomic mass is 10.1. The Hall–Kier alpha value is -4.26. The second-order valence-electron chi connectivity index (χ2n) is 13.7. The predicted octanol–water partition coefficient (Wildman–Crippen LogP) is 9.66. The van der Waals surface area contributed by atoms with E-state index in [4.69, 9.17) is 18.9 Å². The molecule has 0 fully saturated rings. The fraction of sp³-hybridized carbons (Fsp3) is 0.600. The van der Waals surface area contributed by atoms with Crippen LogP contribution in [0.4, 0.5) is 11.4 Å². The van der Waals surface area contributed by atoms with Gasteiger partial charge in [-0.05, 0) is 39.5 Å². The Balaban J connectivity index is 2.74. The summed E-state index contributed by atoms with van der Waals surface area (Å²) in [5.74, 6) is 5.09. The number of benzene rings is 2. The van der Waals surface area contributed by atoms with Crippen LogP contribution >= 0.6 is 0 Å². The van der Waals surface area contributed by atoms with Gasteiger partial charge in [0.05, 0.1) is 51.8 Å². The lowest BCUT2D eigenvalue weighted by Crippen LogP contribution is -2.18. The van der Waals surface area contributed by atoms with Crippen molar-refractivity contribution in [2.75, 3.05) is 19.0 Å². The number of nitro groups is 1. The van der Waals surface area contributed by atoms with Crippen molar-refractivity contribution in [3.05, 3.63) is 45.5 Å². The standard InChI is InChI=1S/C40H58N2O8/c1-11-13-15-17-19-29(7)47-35-26-34(42(45)46)38(50-40(44)28(5)6)24-31(35)21-22-32-23-37(48-30(8)20-18-16-14-12-2)33(41(9)10)25-36(32)49-39(43)27(3)4/h23-30H,11-20H2,1-10H3/t29-,30-/m0/s1. The largest absolute Gasteiger partial charge is 0.489 e. The van der Waals surface area contributed by atoms with Crippen LogP contribution in [0.1, 0.15) is 131 Å². The number of esters is 2. The number of rotatable bonds is 20. The minimum absolute atomic E-state index is 0.0675. The van der Waals surface area contributed by atoms with E-state index >= 15 is 0 Å². The molecule has 0 aliphatic rings. The number of unbranched alkanes of at least 4 members (excludes halogenated alkanes) is 6. The molecular weight excluding hydrogens is 636 g/mol. The molecule has 0 saturated heterocycles. The summed E-state index contributed by atoms with van der Waals surface area (Å²) in [6.07, 6.45) is 10.1. The second-order valence-corrected chi connectivity index (χ2v) is 13.7. The molecule has 0 aliphatic heterocycles. The number of ether oxygens (including phenoxy) is 4. The molecule has 10 nitrogen and oxygen atoms in total. The molecule has 0 N–H and O–H groups in total. The SMILES string of the molecule is CCCCCC[C@H](C)Oc1cc([N+](=O)[O-])c(OC(=O)C(C)C)cc1C#Cc1cc(O[C@@H](C)CCCCCC)c(N(C)C)cc1OC(=O)C(C)C. The Morgan fingerprint density at radius 3 is 1.60 bits per heavy atom. The first-order chi connectivity index (χ1) is 23.7. The van der Waals surface area contributed by atoms with Gasteiger partial charge in [0.1, 0.15) is 17.2 Å². The van der Waals surface area contributed by atoms with Gasteiger partial charge in [-0.1, -0.05) is 91.9 Å². The van der Waals surface area contributed by atoms with Crippen molar-refractivity contribution in [2.24, 2.45) is 11.8 Å². The molecule has 2 aromatic carbocycles. The molecule has 10 heteroatoms. The topological polar surface area (TPSA) is 117 Å². The van der Waals surface area contributed by atoms with Crippen LogP contribution in [-0.2, 0) is 9.59 Å². The molecule has 276 valence electrons. The Morgan fingerprint density at radius 2 is 1.14 bits per heavy atom. The molecule has 0 bridgehead atoms. The molecule has 0 radical (unpaired) electrons. The number of carbonyl (C=O) groups is 2. The number of hydrogen-bond donors (Lipinski definition) is 0. The minimum atomic E-state index is -0.613. The van der Waals surface area contributed by atoms with Crippen LogP contribution in [-0.4, -0.2) is 43.2 Å². The van der Waals surface area contributed by atoms with Crippen LogP contribution in [0.2, 0.25) is 0 Å². The zero-order valence-electron chi connectivity index (χ0n) is 31.9. The van der Waals surface area contributed by atoms with Crippen molar-refractivity contribution in [2.45, 2.75) is 132 Å². The van der Waals surface area contributed by atoms with E-state index in [0.29, 0.717) is 11.3 Å². The van der Waals surface area contributed by atoms with Gasteiger partial charge < -0.3 is 23.8 Å². The molecule has 2 atom stereocenters. The first-order valence-corrected chi connectivity index (χ1v) is 18.1. The minimum Gasteiger partial charge on any atom is -0.489 e. The molecule has 0 amide bonds. The van der Waals surface area contributed by atoms with Gasteiger partial charge in [0.15, 0.2) is 0 Å². The molecule has 0 heterocycles. The Labute approximate surface area is 299 Å². The fourth-order valence-corrected chi connectivity index (χ4v) is 5.00. The summed E-state index contributed by atoms with van der Waals surface area (Å²) in [4.78, 5) is 38.8. The third-order valence-electron chi connectivity index (χ3n) is 8.08. The van der Waals surface area contributed by atoms with Crippen molar-refractivity contribution < 1.29 is 33.5 Å². The van der Waals surface area contributed by atoms with E-state index < -0.39 is 28.5 Å². The maximum Gasteiger partial charge on any atom is 0.315 e. The van der Waals surface area contributed by atoms with Crippen LogP contribution in [0.25, 0.3) is 0 Å². The Kier molecular flexibility index (Phi) is 17.7. The van der Waals surface area contributed by atoms with Gasteiger partial charge in [-0.2, -0.15) is 0 Å². The summed E-state index contributed by atoms with van der Waals surface area (Å²) in [7, 11) is 3.77. The highest BCUT2D eigenvalue weighted by Crippen LogP contribution is 2.38. The van der Waals surface area contributed by atoms with Crippen molar-refractivity contribution in [1.29, 1.82) is 0 Å². The summed E-state index contributed by atoms with van der Waals surface area (Å²) >= 11 is 0. The first-order valence-electron chi connectivity index (χ1n) is 18.1. The van der Waals surface area contributed by atoms with Crippen LogP contribution < -0.4 is 23.8 Å². The third-order valence-corrected chi connectivity index (χ3v) is 8.08. The first kappa shape index (κ1) is 41.9. The van der Waals surface area contributed by atoms with E-state index in [-0.39, 0.29) is 40.9 Å². The summed E-state index contributed by atoms with van der Waals surface area (Å²) in [5, 5.41) is 12.1. The predicted molar refractivity (Wildman–Crippen MR) is 198 cm³/mol. The van der Waals surface area contributed by atoms with Gasteiger partial charge in [-0.3, -0.25) is 19.7 Å².